The summed E-state index contributed by atoms with van der Waals surface area (Å²) in [5.41, 5.74) is 3.23. The number of hydrogen-bond donors (Lipinski definition) is 2. The van der Waals surface area contributed by atoms with E-state index in [9.17, 15) is 0 Å². The van der Waals surface area contributed by atoms with Crippen LogP contribution < -0.4 is 10.1 Å². The molecule has 3 heteroatoms. The van der Waals surface area contributed by atoms with Crippen molar-refractivity contribution in [2.75, 3.05) is 6.54 Å². The predicted octanol–water partition coefficient (Wildman–Crippen LogP) is 3.78. The molecule has 0 heterocycles. The Balaban J connectivity index is 2.06. The molecule has 0 unspecified atom stereocenters. The third kappa shape index (κ3) is 4.59. The SMILES string of the molecule is CCCNCc1ccc(Oc2cccc(CO)c2)c(C)c1. The summed E-state index contributed by atoms with van der Waals surface area (Å²) >= 11 is 0. The highest BCUT2D eigenvalue weighted by molar-refractivity contribution is 5.40. The molecule has 112 valence electrons. The lowest BCUT2D eigenvalue weighted by Crippen LogP contribution is -2.13. The molecule has 0 amide bonds. The first kappa shape index (κ1) is 15.5. The molecule has 0 aliphatic heterocycles. The summed E-state index contributed by atoms with van der Waals surface area (Å²) in [5, 5.41) is 12.6. The van der Waals surface area contributed by atoms with Crippen LogP contribution in [0.4, 0.5) is 0 Å². The molecule has 3 nitrogen and oxygen atoms in total. The Labute approximate surface area is 126 Å². The summed E-state index contributed by atoms with van der Waals surface area (Å²) in [6.07, 6.45) is 1.14. The van der Waals surface area contributed by atoms with Crippen LogP contribution in [0.15, 0.2) is 42.5 Å². The zero-order valence-corrected chi connectivity index (χ0v) is 12.7. The summed E-state index contributed by atoms with van der Waals surface area (Å²) in [4.78, 5) is 0. The molecule has 2 N–H and O–H groups in total. The van der Waals surface area contributed by atoms with Gasteiger partial charge in [-0.25, -0.2) is 0 Å². The summed E-state index contributed by atoms with van der Waals surface area (Å²) in [5.74, 6) is 1.60. The van der Waals surface area contributed by atoms with E-state index in [0.29, 0.717) is 0 Å². The Morgan fingerprint density at radius 3 is 2.67 bits per heavy atom. The van der Waals surface area contributed by atoms with Crippen molar-refractivity contribution in [3.05, 3.63) is 59.2 Å². The number of nitrogens with one attached hydrogen (secondary N) is 1. The molecule has 0 fully saturated rings. The number of rotatable bonds is 7. The van der Waals surface area contributed by atoms with Gasteiger partial charge in [0.1, 0.15) is 11.5 Å². The van der Waals surface area contributed by atoms with E-state index in [1.54, 1.807) is 0 Å². The zero-order valence-electron chi connectivity index (χ0n) is 12.7. The van der Waals surface area contributed by atoms with Crippen LogP contribution in [0, 0.1) is 6.92 Å². The molecule has 0 saturated carbocycles. The first-order valence-electron chi connectivity index (χ1n) is 7.41. The van der Waals surface area contributed by atoms with Gasteiger partial charge in [-0.3, -0.25) is 0 Å². The lowest BCUT2D eigenvalue weighted by Gasteiger charge is -2.11. The molecule has 2 aromatic rings. The monoisotopic (exact) mass is 285 g/mol. The van der Waals surface area contributed by atoms with Gasteiger partial charge < -0.3 is 15.2 Å². The molecule has 21 heavy (non-hydrogen) atoms. The molecule has 0 atom stereocenters. The third-order valence-corrected chi connectivity index (χ3v) is 3.30. The highest BCUT2D eigenvalue weighted by atomic mass is 16.5. The highest BCUT2D eigenvalue weighted by Gasteiger charge is 2.04. The van der Waals surface area contributed by atoms with Crippen molar-refractivity contribution in [1.29, 1.82) is 0 Å². The van der Waals surface area contributed by atoms with Gasteiger partial charge in [0.2, 0.25) is 0 Å². The number of benzene rings is 2. The van der Waals surface area contributed by atoms with E-state index in [0.717, 1.165) is 42.1 Å². The van der Waals surface area contributed by atoms with Gasteiger partial charge in [-0.15, -0.1) is 0 Å². The fourth-order valence-electron chi connectivity index (χ4n) is 2.18. The standard InChI is InChI=1S/C18H23NO2/c1-3-9-19-12-15-7-8-18(14(2)10-15)21-17-6-4-5-16(11-17)13-20/h4-8,10-11,19-20H,3,9,12-13H2,1-2H3. The van der Waals surface area contributed by atoms with Gasteiger partial charge in [0.25, 0.3) is 0 Å². The molecule has 0 aliphatic rings. The molecule has 0 spiro atoms. The molecule has 2 aromatic carbocycles. The minimum Gasteiger partial charge on any atom is -0.457 e. The lowest BCUT2D eigenvalue weighted by molar-refractivity contribution is 0.281. The maximum absolute atomic E-state index is 9.16. The van der Waals surface area contributed by atoms with Crippen LogP contribution in [0.25, 0.3) is 0 Å². The largest absolute Gasteiger partial charge is 0.457 e. The van der Waals surface area contributed by atoms with Crippen molar-refractivity contribution in [1.82, 2.24) is 5.32 Å². The number of aryl methyl sites for hydroxylation is 1. The summed E-state index contributed by atoms with van der Waals surface area (Å²) in [6, 6.07) is 13.8. The van der Waals surface area contributed by atoms with Gasteiger partial charge in [0.15, 0.2) is 0 Å². The van der Waals surface area contributed by atoms with Gasteiger partial charge >= 0.3 is 0 Å². The molecular weight excluding hydrogens is 262 g/mol. The molecule has 2 rings (SSSR count). The van der Waals surface area contributed by atoms with Crippen LogP contribution in [0.3, 0.4) is 0 Å². The van der Waals surface area contributed by atoms with Crippen LogP contribution in [0.5, 0.6) is 11.5 Å². The van der Waals surface area contributed by atoms with Crippen LogP contribution in [-0.2, 0) is 13.2 Å². The van der Waals surface area contributed by atoms with Crippen molar-refractivity contribution < 1.29 is 9.84 Å². The van der Waals surface area contributed by atoms with E-state index in [4.69, 9.17) is 9.84 Å². The molecule has 0 radical (unpaired) electrons. The van der Waals surface area contributed by atoms with Crippen molar-refractivity contribution in [3.63, 3.8) is 0 Å². The van der Waals surface area contributed by atoms with E-state index in [1.165, 1.54) is 5.56 Å². The molecular formula is C18H23NO2. The molecule has 0 aliphatic carbocycles. The van der Waals surface area contributed by atoms with Crippen LogP contribution >= 0.6 is 0 Å². The van der Waals surface area contributed by atoms with Crippen molar-refractivity contribution in [2.24, 2.45) is 0 Å². The maximum Gasteiger partial charge on any atom is 0.130 e. The average molecular weight is 285 g/mol. The Hall–Kier alpha value is -1.84. The van der Waals surface area contributed by atoms with Gasteiger partial charge in [-0.05, 0) is 54.8 Å². The average Bonchev–Trinajstić information content (AvgIpc) is 2.50. The lowest BCUT2D eigenvalue weighted by atomic mass is 10.1. The quantitative estimate of drug-likeness (QED) is 0.761. The van der Waals surface area contributed by atoms with Crippen molar-refractivity contribution >= 4 is 0 Å². The highest BCUT2D eigenvalue weighted by Crippen LogP contribution is 2.26. The Morgan fingerprint density at radius 2 is 1.95 bits per heavy atom. The fourth-order valence-corrected chi connectivity index (χ4v) is 2.18. The number of aliphatic hydroxyl groups is 1. The molecule has 0 aromatic heterocycles. The first-order chi connectivity index (χ1) is 10.2. The second kappa shape index (κ2) is 7.81. The topological polar surface area (TPSA) is 41.5 Å². The van der Waals surface area contributed by atoms with Gasteiger partial charge in [0, 0.05) is 6.54 Å². The minimum atomic E-state index is 0.0260. The normalized spacial score (nSPS) is 10.6. The Bertz CT molecular complexity index is 581. The number of aliphatic hydroxyl groups excluding tert-OH is 1. The first-order valence-corrected chi connectivity index (χ1v) is 7.41. The summed E-state index contributed by atoms with van der Waals surface area (Å²) in [6.45, 7) is 6.16. The predicted molar refractivity (Wildman–Crippen MR) is 85.6 cm³/mol. The van der Waals surface area contributed by atoms with E-state index in [1.807, 2.05) is 30.3 Å². The van der Waals surface area contributed by atoms with Crippen molar-refractivity contribution in [3.8, 4) is 11.5 Å². The second-order valence-corrected chi connectivity index (χ2v) is 5.18. The second-order valence-electron chi connectivity index (χ2n) is 5.18. The van der Waals surface area contributed by atoms with Crippen LogP contribution in [0.1, 0.15) is 30.0 Å². The van der Waals surface area contributed by atoms with Crippen LogP contribution in [-0.4, -0.2) is 11.7 Å². The smallest absolute Gasteiger partial charge is 0.130 e. The zero-order chi connectivity index (χ0) is 15.1. The van der Waals surface area contributed by atoms with E-state index >= 15 is 0 Å². The molecule has 0 bridgehead atoms. The number of hydrogen-bond acceptors (Lipinski definition) is 3. The summed E-state index contributed by atoms with van der Waals surface area (Å²) < 4.78 is 5.90. The molecule has 0 saturated heterocycles. The number of ether oxygens (including phenoxy) is 1. The van der Waals surface area contributed by atoms with Gasteiger partial charge in [-0.2, -0.15) is 0 Å². The Morgan fingerprint density at radius 1 is 1.10 bits per heavy atom. The Kier molecular flexibility index (Phi) is 5.78. The summed E-state index contributed by atoms with van der Waals surface area (Å²) in [7, 11) is 0. The minimum absolute atomic E-state index is 0.0260. The van der Waals surface area contributed by atoms with Gasteiger partial charge in [0.05, 0.1) is 6.61 Å². The van der Waals surface area contributed by atoms with Crippen LogP contribution in [0.2, 0.25) is 0 Å². The van der Waals surface area contributed by atoms with E-state index < -0.39 is 0 Å². The van der Waals surface area contributed by atoms with Gasteiger partial charge in [-0.1, -0.05) is 31.2 Å². The third-order valence-electron chi connectivity index (χ3n) is 3.30. The maximum atomic E-state index is 9.16. The van der Waals surface area contributed by atoms with E-state index in [2.05, 4.69) is 31.3 Å². The van der Waals surface area contributed by atoms with E-state index in [-0.39, 0.29) is 6.61 Å². The fraction of sp³-hybridized carbons (Fsp3) is 0.333. The van der Waals surface area contributed by atoms with Crippen molar-refractivity contribution in [2.45, 2.75) is 33.4 Å².